The number of hydrogen-bond acceptors (Lipinski definition) is 4. The molecule has 6 heteroatoms. The number of amides is 3. The number of piperidine rings is 1. The van der Waals surface area contributed by atoms with Crippen LogP contribution < -0.4 is 5.32 Å². The van der Waals surface area contributed by atoms with Crippen LogP contribution in [-0.4, -0.2) is 71.1 Å². The molecule has 2 bridgehead atoms. The van der Waals surface area contributed by atoms with Crippen LogP contribution in [-0.2, 0) is 4.79 Å². The van der Waals surface area contributed by atoms with Gasteiger partial charge in [0, 0.05) is 25.2 Å². The second-order valence-corrected chi connectivity index (χ2v) is 9.88. The van der Waals surface area contributed by atoms with Crippen molar-refractivity contribution in [2.75, 3.05) is 26.8 Å². The van der Waals surface area contributed by atoms with Crippen LogP contribution in [0.15, 0.2) is 0 Å². The Balaban J connectivity index is 1.76. The summed E-state index contributed by atoms with van der Waals surface area (Å²) in [6, 6.07) is 0.606. The average molecular weight is 379 g/mol. The molecule has 27 heavy (non-hydrogen) atoms. The number of hydrogen-bond donors (Lipinski definition) is 1. The van der Waals surface area contributed by atoms with Crippen molar-refractivity contribution >= 4 is 11.9 Å². The van der Waals surface area contributed by atoms with Gasteiger partial charge >= 0.3 is 6.03 Å². The maximum Gasteiger partial charge on any atom is 0.326 e. The van der Waals surface area contributed by atoms with E-state index in [9.17, 15) is 9.59 Å². The van der Waals surface area contributed by atoms with E-state index in [1.807, 2.05) is 0 Å². The molecule has 0 aromatic heterocycles. The molecule has 1 spiro atoms. The highest BCUT2D eigenvalue weighted by Gasteiger charge is 2.56. The second kappa shape index (κ2) is 8.08. The Hall–Kier alpha value is -1.14. The minimum Gasteiger partial charge on any atom is -0.323 e. The van der Waals surface area contributed by atoms with Crippen molar-refractivity contribution in [3.63, 3.8) is 0 Å². The zero-order valence-electron chi connectivity index (χ0n) is 17.8. The third kappa shape index (κ3) is 4.32. The Morgan fingerprint density at radius 3 is 2.04 bits per heavy atom. The molecule has 3 aliphatic rings. The van der Waals surface area contributed by atoms with Gasteiger partial charge in [-0.1, -0.05) is 40.5 Å². The van der Waals surface area contributed by atoms with E-state index in [4.69, 9.17) is 0 Å². The van der Waals surface area contributed by atoms with E-state index < -0.39 is 5.54 Å². The zero-order chi connectivity index (χ0) is 19.8. The van der Waals surface area contributed by atoms with E-state index in [2.05, 4.69) is 49.9 Å². The molecular formula is C21H38N4O2. The van der Waals surface area contributed by atoms with Crippen molar-refractivity contribution in [1.29, 1.82) is 0 Å². The standard InChI is InChI=1S/C21H38N4O2/c1-15(2)12-24(13-16(3)4)14-25-19(26)21(22-20(25)27)10-17-8-6-7-9-18(11-21)23(17)5/h15-18H,6-14H2,1-5H3,(H,22,27)/t17-,18+,21?. The highest BCUT2D eigenvalue weighted by molar-refractivity contribution is 6.07. The van der Waals surface area contributed by atoms with Crippen LogP contribution in [0.4, 0.5) is 4.79 Å². The maximum atomic E-state index is 13.4. The lowest BCUT2D eigenvalue weighted by Gasteiger charge is -2.46. The lowest BCUT2D eigenvalue weighted by atomic mass is 9.78. The van der Waals surface area contributed by atoms with Gasteiger partial charge in [-0.2, -0.15) is 0 Å². The van der Waals surface area contributed by atoms with Crippen LogP contribution in [0.1, 0.15) is 66.2 Å². The molecule has 3 amide bonds. The molecule has 0 radical (unpaired) electrons. The number of nitrogens with zero attached hydrogens (tertiary/aromatic N) is 3. The number of rotatable bonds is 6. The van der Waals surface area contributed by atoms with Gasteiger partial charge in [0.25, 0.3) is 5.91 Å². The third-order valence-corrected chi connectivity index (χ3v) is 6.48. The van der Waals surface area contributed by atoms with Crippen molar-refractivity contribution in [3.05, 3.63) is 0 Å². The average Bonchev–Trinajstić information content (AvgIpc) is 2.72. The second-order valence-electron chi connectivity index (χ2n) is 9.88. The van der Waals surface area contributed by atoms with Gasteiger partial charge in [0.05, 0.1) is 6.67 Å². The highest BCUT2D eigenvalue weighted by atomic mass is 16.2. The van der Waals surface area contributed by atoms with Crippen molar-refractivity contribution in [2.45, 2.75) is 83.8 Å². The summed E-state index contributed by atoms with van der Waals surface area (Å²) >= 11 is 0. The van der Waals surface area contributed by atoms with Crippen molar-refractivity contribution in [2.24, 2.45) is 11.8 Å². The molecule has 1 unspecified atom stereocenters. The lowest BCUT2D eigenvalue weighted by molar-refractivity contribution is -0.136. The fourth-order valence-corrected chi connectivity index (χ4v) is 5.35. The minimum absolute atomic E-state index is 0.00927. The van der Waals surface area contributed by atoms with Gasteiger partial charge in [-0.3, -0.25) is 9.69 Å². The Kier molecular flexibility index (Phi) is 6.16. The van der Waals surface area contributed by atoms with E-state index >= 15 is 0 Å². The summed E-state index contributed by atoms with van der Waals surface area (Å²) < 4.78 is 0. The van der Waals surface area contributed by atoms with Crippen LogP contribution in [0, 0.1) is 11.8 Å². The summed E-state index contributed by atoms with van der Waals surface area (Å²) in [5.41, 5.74) is -0.676. The Morgan fingerprint density at radius 1 is 1.04 bits per heavy atom. The first kappa shape index (κ1) is 20.6. The van der Waals surface area contributed by atoms with E-state index in [-0.39, 0.29) is 11.9 Å². The summed E-state index contributed by atoms with van der Waals surface area (Å²) in [7, 11) is 2.19. The van der Waals surface area contributed by atoms with E-state index in [1.165, 1.54) is 17.7 Å². The van der Waals surface area contributed by atoms with Crippen molar-refractivity contribution in [3.8, 4) is 0 Å². The predicted molar refractivity (Wildman–Crippen MR) is 107 cm³/mol. The summed E-state index contributed by atoms with van der Waals surface area (Å²) in [6.45, 7) is 10.9. The molecule has 3 atom stereocenters. The molecule has 3 heterocycles. The van der Waals surface area contributed by atoms with Crippen LogP contribution in [0.25, 0.3) is 0 Å². The maximum absolute atomic E-state index is 13.4. The number of carbonyl (C=O) groups excluding carboxylic acids is 2. The fraction of sp³-hybridized carbons (Fsp3) is 0.905. The molecule has 0 aromatic rings. The number of imide groups is 1. The van der Waals surface area contributed by atoms with Gasteiger partial charge in [-0.25, -0.2) is 9.69 Å². The van der Waals surface area contributed by atoms with Crippen LogP contribution >= 0.6 is 0 Å². The molecule has 3 saturated heterocycles. The molecule has 0 aliphatic carbocycles. The molecule has 6 nitrogen and oxygen atoms in total. The SMILES string of the molecule is CC(C)CN(CC(C)C)CN1C(=O)NC2(C[C@H]3CCCC[C@@H](C2)N3C)C1=O. The molecule has 0 aromatic carbocycles. The quantitative estimate of drug-likeness (QED) is 0.722. The van der Waals surface area contributed by atoms with Crippen molar-refractivity contribution in [1.82, 2.24) is 20.0 Å². The number of urea groups is 1. The topological polar surface area (TPSA) is 55.9 Å². The fourth-order valence-electron chi connectivity index (χ4n) is 5.35. The van der Waals surface area contributed by atoms with Gasteiger partial charge in [-0.15, -0.1) is 0 Å². The highest BCUT2D eigenvalue weighted by Crippen LogP contribution is 2.40. The molecule has 0 saturated carbocycles. The summed E-state index contributed by atoms with van der Waals surface area (Å²) in [6.07, 6.45) is 6.23. The summed E-state index contributed by atoms with van der Waals surface area (Å²) in [5, 5.41) is 3.14. The van der Waals surface area contributed by atoms with Gasteiger partial charge in [0.1, 0.15) is 5.54 Å². The smallest absolute Gasteiger partial charge is 0.323 e. The van der Waals surface area contributed by atoms with E-state index in [1.54, 1.807) is 0 Å². The molecule has 3 fully saturated rings. The zero-order valence-corrected chi connectivity index (χ0v) is 17.8. The predicted octanol–water partition coefficient (Wildman–Crippen LogP) is 2.89. The number of carbonyl (C=O) groups is 2. The number of fused-ring (bicyclic) bond motifs is 2. The first-order valence-electron chi connectivity index (χ1n) is 10.8. The summed E-state index contributed by atoms with van der Waals surface area (Å²) in [4.78, 5) is 32.5. The van der Waals surface area contributed by atoms with E-state index in [0.717, 1.165) is 38.8 Å². The first-order valence-corrected chi connectivity index (χ1v) is 10.8. The van der Waals surface area contributed by atoms with Crippen molar-refractivity contribution < 1.29 is 9.59 Å². The first-order chi connectivity index (χ1) is 12.7. The van der Waals surface area contributed by atoms with E-state index in [0.29, 0.717) is 30.6 Å². The minimum atomic E-state index is -0.676. The molecule has 3 rings (SSSR count). The third-order valence-electron chi connectivity index (χ3n) is 6.48. The Morgan fingerprint density at radius 2 is 1.56 bits per heavy atom. The Bertz CT molecular complexity index is 536. The monoisotopic (exact) mass is 378 g/mol. The lowest BCUT2D eigenvalue weighted by Crippen LogP contribution is -2.60. The van der Waals surface area contributed by atoms with Gasteiger partial charge in [-0.05, 0) is 44.6 Å². The molecular weight excluding hydrogens is 340 g/mol. The normalized spacial score (nSPS) is 32.1. The van der Waals surface area contributed by atoms with Crippen LogP contribution in [0.3, 0.4) is 0 Å². The van der Waals surface area contributed by atoms with Crippen LogP contribution in [0.5, 0.6) is 0 Å². The Labute approximate surface area is 164 Å². The van der Waals surface area contributed by atoms with Gasteiger partial charge in [0.2, 0.25) is 0 Å². The van der Waals surface area contributed by atoms with Crippen LogP contribution in [0.2, 0.25) is 0 Å². The molecule has 1 N–H and O–H groups in total. The molecule has 3 aliphatic heterocycles. The van der Waals surface area contributed by atoms with Gasteiger partial charge < -0.3 is 10.2 Å². The number of nitrogens with one attached hydrogen (secondary N) is 1. The largest absolute Gasteiger partial charge is 0.326 e. The van der Waals surface area contributed by atoms with Gasteiger partial charge in [0.15, 0.2) is 0 Å². The summed E-state index contributed by atoms with van der Waals surface area (Å²) in [5.74, 6) is 1.02. The molecule has 154 valence electrons.